The van der Waals surface area contributed by atoms with E-state index in [1.165, 1.54) is 11.1 Å². The van der Waals surface area contributed by atoms with Gasteiger partial charge in [-0.15, -0.1) is 0 Å². The molecule has 0 unspecified atom stereocenters. The summed E-state index contributed by atoms with van der Waals surface area (Å²) in [5.41, 5.74) is 3.00. The first kappa shape index (κ1) is 19.5. The molecule has 4 atom stereocenters. The van der Waals surface area contributed by atoms with Crippen LogP contribution in [0.15, 0.2) is 24.3 Å². The fourth-order valence-electron chi connectivity index (χ4n) is 5.93. The Morgan fingerprint density at radius 3 is 2.41 bits per heavy atom. The summed E-state index contributed by atoms with van der Waals surface area (Å²) >= 11 is 0. The molecule has 0 bridgehead atoms. The van der Waals surface area contributed by atoms with Crippen LogP contribution in [0, 0.1) is 11.8 Å². The molecule has 2 aliphatic heterocycles. The van der Waals surface area contributed by atoms with E-state index in [2.05, 4.69) is 39.4 Å². The zero-order valence-corrected chi connectivity index (χ0v) is 17.1. The Morgan fingerprint density at radius 1 is 1.07 bits per heavy atom. The second kappa shape index (κ2) is 8.34. The number of morpholine rings is 1. The molecular weight excluding hydrogens is 366 g/mol. The highest BCUT2D eigenvalue weighted by Crippen LogP contribution is 2.39. The van der Waals surface area contributed by atoms with Crippen LogP contribution in [0.1, 0.15) is 24.0 Å². The van der Waals surface area contributed by atoms with Gasteiger partial charge in [0.25, 0.3) is 0 Å². The zero-order chi connectivity index (χ0) is 19.8. The first-order chi connectivity index (χ1) is 14.2. The summed E-state index contributed by atoms with van der Waals surface area (Å²) in [5.74, 6) is 1.17. The van der Waals surface area contributed by atoms with Crippen LogP contribution in [-0.4, -0.2) is 84.9 Å². The lowest BCUT2D eigenvalue weighted by Crippen LogP contribution is -2.52. The predicted octanol–water partition coefficient (Wildman–Crippen LogP) is 0.674. The molecule has 0 aromatic heterocycles. The lowest BCUT2D eigenvalue weighted by Gasteiger charge is -2.36. The van der Waals surface area contributed by atoms with Crippen LogP contribution in [0.4, 0.5) is 0 Å². The van der Waals surface area contributed by atoms with Gasteiger partial charge in [0.05, 0.1) is 31.9 Å². The van der Waals surface area contributed by atoms with Crippen LogP contribution in [0.3, 0.4) is 0 Å². The minimum absolute atomic E-state index is 0.0375. The normalized spacial score (nSPS) is 33.4. The van der Waals surface area contributed by atoms with Crippen molar-refractivity contribution in [2.45, 2.75) is 43.9 Å². The molecule has 4 aliphatic rings. The molecule has 6 heteroatoms. The Morgan fingerprint density at radius 2 is 1.72 bits per heavy atom. The van der Waals surface area contributed by atoms with Crippen molar-refractivity contribution in [3.63, 3.8) is 0 Å². The number of carbonyl (C=O) groups excluding carboxylic acids is 1. The molecule has 6 nitrogen and oxygen atoms in total. The van der Waals surface area contributed by atoms with Crippen LogP contribution >= 0.6 is 0 Å². The second-order valence-electron chi connectivity index (χ2n) is 9.41. The number of nitrogens with zero attached hydrogens (tertiary/aromatic N) is 2. The maximum atomic E-state index is 12.5. The van der Waals surface area contributed by atoms with Gasteiger partial charge in [0, 0.05) is 32.2 Å². The summed E-state index contributed by atoms with van der Waals surface area (Å²) in [7, 11) is 0. The molecule has 1 aromatic rings. The molecule has 1 saturated carbocycles. The Hall–Kier alpha value is -1.47. The Labute approximate surface area is 173 Å². The topological polar surface area (TPSA) is 65.0 Å². The molecule has 3 fully saturated rings. The number of fused-ring (bicyclic) bond motifs is 2. The van der Waals surface area contributed by atoms with Crippen molar-refractivity contribution >= 4 is 5.91 Å². The van der Waals surface area contributed by atoms with E-state index in [1.807, 2.05) is 0 Å². The monoisotopic (exact) mass is 399 g/mol. The number of ether oxygens (including phenoxy) is 1. The van der Waals surface area contributed by atoms with Crippen molar-refractivity contribution in [3.8, 4) is 0 Å². The van der Waals surface area contributed by atoms with Crippen LogP contribution in [0.5, 0.6) is 0 Å². The largest absolute Gasteiger partial charge is 0.391 e. The van der Waals surface area contributed by atoms with Gasteiger partial charge in [-0.2, -0.15) is 0 Å². The summed E-state index contributed by atoms with van der Waals surface area (Å²) in [4.78, 5) is 17.3. The highest BCUT2D eigenvalue weighted by molar-refractivity contribution is 5.78. The van der Waals surface area contributed by atoms with Gasteiger partial charge in [0.2, 0.25) is 5.91 Å². The number of likely N-dealkylation sites (tertiary alicyclic amines) is 1. The molecule has 29 heavy (non-hydrogen) atoms. The van der Waals surface area contributed by atoms with Gasteiger partial charge in [0.15, 0.2) is 0 Å². The lowest BCUT2D eigenvalue weighted by molar-refractivity contribution is -0.125. The van der Waals surface area contributed by atoms with Crippen LogP contribution in [0.25, 0.3) is 0 Å². The average molecular weight is 400 g/mol. The van der Waals surface area contributed by atoms with Gasteiger partial charge < -0.3 is 15.2 Å². The van der Waals surface area contributed by atoms with Crippen LogP contribution in [-0.2, 0) is 22.4 Å². The number of benzene rings is 1. The summed E-state index contributed by atoms with van der Waals surface area (Å²) < 4.78 is 5.35. The van der Waals surface area contributed by atoms with E-state index in [-0.39, 0.29) is 11.9 Å². The van der Waals surface area contributed by atoms with E-state index in [4.69, 9.17) is 4.74 Å². The molecule has 5 rings (SSSR count). The molecule has 2 saturated heterocycles. The third-order valence-corrected chi connectivity index (χ3v) is 7.53. The Kier molecular flexibility index (Phi) is 5.61. The quantitative estimate of drug-likeness (QED) is 0.779. The summed E-state index contributed by atoms with van der Waals surface area (Å²) in [5, 5.41) is 13.8. The van der Waals surface area contributed by atoms with Crippen molar-refractivity contribution in [2.24, 2.45) is 11.8 Å². The van der Waals surface area contributed by atoms with Gasteiger partial charge >= 0.3 is 0 Å². The molecule has 1 amide bonds. The number of rotatable bonds is 4. The molecule has 2 aliphatic carbocycles. The molecule has 0 spiro atoms. The Balaban J connectivity index is 1.15. The highest BCUT2D eigenvalue weighted by Gasteiger charge is 2.44. The predicted molar refractivity (Wildman–Crippen MR) is 111 cm³/mol. The summed E-state index contributed by atoms with van der Waals surface area (Å²) in [6.45, 7) is 5.62. The Bertz CT molecular complexity index is 711. The van der Waals surface area contributed by atoms with Gasteiger partial charge in [-0.25, -0.2) is 0 Å². The van der Waals surface area contributed by atoms with E-state index in [1.54, 1.807) is 0 Å². The number of aliphatic hydroxyl groups excluding tert-OH is 1. The number of amides is 1. The minimum atomic E-state index is -0.425. The van der Waals surface area contributed by atoms with Crippen molar-refractivity contribution in [1.82, 2.24) is 15.1 Å². The van der Waals surface area contributed by atoms with E-state index in [9.17, 15) is 9.90 Å². The van der Waals surface area contributed by atoms with Gasteiger partial charge in [-0.05, 0) is 48.6 Å². The highest BCUT2D eigenvalue weighted by atomic mass is 16.5. The first-order valence-corrected chi connectivity index (χ1v) is 11.2. The van der Waals surface area contributed by atoms with Crippen molar-refractivity contribution in [2.75, 3.05) is 45.9 Å². The summed E-state index contributed by atoms with van der Waals surface area (Å²) in [6, 6.07) is 9.32. The third-order valence-electron chi connectivity index (χ3n) is 7.53. The van der Waals surface area contributed by atoms with Gasteiger partial charge in [-0.3, -0.25) is 14.6 Å². The molecule has 2 heterocycles. The average Bonchev–Trinajstić information content (AvgIpc) is 3.32. The third kappa shape index (κ3) is 4.22. The standard InChI is InChI=1S/C23H33N3O3/c27-22-12-19-14-26(20-9-16-3-1-2-4-17(16)10-20)13-18(19)11-21(22)24-23(28)15-25-5-7-29-8-6-25/h1-4,18-22,27H,5-15H2,(H,24,28)/t18-,19+,21-,22-/m0/s1. The molecule has 2 N–H and O–H groups in total. The number of carbonyl (C=O) groups is 1. The van der Waals surface area contributed by atoms with Crippen LogP contribution in [0.2, 0.25) is 0 Å². The maximum Gasteiger partial charge on any atom is 0.234 e. The first-order valence-electron chi connectivity index (χ1n) is 11.2. The molecule has 0 radical (unpaired) electrons. The van der Waals surface area contributed by atoms with Gasteiger partial charge in [0.1, 0.15) is 0 Å². The van der Waals surface area contributed by atoms with E-state index >= 15 is 0 Å². The number of hydrogen-bond acceptors (Lipinski definition) is 5. The number of aliphatic hydroxyl groups is 1. The van der Waals surface area contributed by atoms with E-state index in [0.717, 1.165) is 51.9 Å². The molecule has 1 aromatic carbocycles. The smallest absolute Gasteiger partial charge is 0.234 e. The van der Waals surface area contributed by atoms with Crippen molar-refractivity contribution in [3.05, 3.63) is 35.4 Å². The number of nitrogens with one attached hydrogen (secondary N) is 1. The van der Waals surface area contributed by atoms with E-state index < -0.39 is 6.10 Å². The minimum Gasteiger partial charge on any atom is -0.391 e. The van der Waals surface area contributed by atoms with E-state index in [0.29, 0.717) is 37.6 Å². The molecular formula is C23H33N3O3. The lowest BCUT2D eigenvalue weighted by atomic mass is 9.77. The second-order valence-corrected chi connectivity index (χ2v) is 9.41. The van der Waals surface area contributed by atoms with Crippen molar-refractivity contribution < 1.29 is 14.6 Å². The molecule has 158 valence electrons. The summed E-state index contributed by atoms with van der Waals surface area (Å²) in [6.07, 6.45) is 3.58. The maximum absolute atomic E-state index is 12.5. The fourth-order valence-corrected chi connectivity index (χ4v) is 5.93. The van der Waals surface area contributed by atoms with Crippen LogP contribution < -0.4 is 5.32 Å². The SMILES string of the molecule is O=C(CN1CCOCC1)N[C@H]1C[C@H]2CN(C3Cc4ccccc4C3)C[C@H]2C[C@@H]1O. The van der Waals surface area contributed by atoms with Gasteiger partial charge in [-0.1, -0.05) is 24.3 Å². The number of hydrogen-bond donors (Lipinski definition) is 2. The zero-order valence-electron chi connectivity index (χ0n) is 17.1. The fraction of sp³-hybridized carbons (Fsp3) is 0.696. The van der Waals surface area contributed by atoms with Crippen molar-refractivity contribution in [1.29, 1.82) is 0 Å².